The molecule has 1 atom stereocenters. The van der Waals surface area contributed by atoms with E-state index in [1.807, 2.05) is 4.90 Å². The molecule has 0 amide bonds. The van der Waals surface area contributed by atoms with E-state index < -0.39 is 5.97 Å². The average molecular weight is 265 g/mol. The van der Waals surface area contributed by atoms with Crippen molar-refractivity contribution in [1.82, 2.24) is 20.2 Å². The highest BCUT2D eigenvalue weighted by Crippen LogP contribution is 2.48. The molecular weight excluding hydrogens is 246 g/mol. The molecule has 0 bridgehead atoms. The summed E-state index contributed by atoms with van der Waals surface area (Å²) in [4.78, 5) is 13.6. The van der Waals surface area contributed by atoms with E-state index in [1.54, 1.807) is 11.7 Å². The van der Waals surface area contributed by atoms with E-state index in [-0.39, 0.29) is 11.3 Å². The molecular formula is C12H19N5O2. The fourth-order valence-corrected chi connectivity index (χ4v) is 3.72. The first-order valence-electron chi connectivity index (χ1n) is 6.82. The molecule has 1 saturated heterocycles. The number of aromatic nitrogens is 4. The Hall–Kier alpha value is -1.66. The smallest absolute Gasteiger partial charge is 0.308 e. The van der Waals surface area contributed by atoms with Crippen LogP contribution in [-0.2, 0) is 11.8 Å². The Morgan fingerprint density at radius 1 is 1.37 bits per heavy atom. The van der Waals surface area contributed by atoms with Gasteiger partial charge in [0.15, 0.2) is 0 Å². The standard InChI is InChI=1S/C12H19N5O2/c1-16-11(13-14-15-16)17-7-9(10(18)19)12(8-17)5-3-2-4-6-12/h9H,2-8H2,1H3,(H,18,19). The largest absolute Gasteiger partial charge is 0.481 e. The second-order valence-electron chi connectivity index (χ2n) is 5.80. The number of aryl methyl sites for hydroxylation is 1. The van der Waals surface area contributed by atoms with Crippen LogP contribution < -0.4 is 4.90 Å². The lowest BCUT2D eigenvalue weighted by Crippen LogP contribution is -2.36. The van der Waals surface area contributed by atoms with Gasteiger partial charge in [0.05, 0.1) is 5.92 Å². The lowest BCUT2D eigenvalue weighted by molar-refractivity contribution is -0.145. The molecule has 3 rings (SSSR count). The van der Waals surface area contributed by atoms with Crippen LogP contribution in [0.25, 0.3) is 0 Å². The van der Waals surface area contributed by atoms with Gasteiger partial charge in [0.2, 0.25) is 5.95 Å². The minimum atomic E-state index is -0.681. The van der Waals surface area contributed by atoms with Crippen molar-refractivity contribution in [3.63, 3.8) is 0 Å². The van der Waals surface area contributed by atoms with Crippen molar-refractivity contribution >= 4 is 11.9 Å². The van der Waals surface area contributed by atoms with Crippen LogP contribution in [0.15, 0.2) is 0 Å². The maximum Gasteiger partial charge on any atom is 0.308 e. The summed E-state index contributed by atoms with van der Waals surface area (Å²) >= 11 is 0. The lowest BCUT2D eigenvalue weighted by atomic mass is 9.68. The summed E-state index contributed by atoms with van der Waals surface area (Å²) in [6, 6.07) is 0. The Kier molecular flexibility index (Phi) is 2.91. The number of carboxylic acids is 1. The maximum atomic E-state index is 11.6. The number of hydrogen-bond donors (Lipinski definition) is 1. The van der Waals surface area contributed by atoms with E-state index in [1.165, 1.54) is 6.42 Å². The van der Waals surface area contributed by atoms with Gasteiger partial charge in [0.25, 0.3) is 0 Å². The second kappa shape index (κ2) is 4.47. The molecule has 1 aliphatic carbocycles. The highest BCUT2D eigenvalue weighted by molar-refractivity contribution is 5.73. The van der Waals surface area contributed by atoms with Crippen LogP contribution >= 0.6 is 0 Å². The van der Waals surface area contributed by atoms with Gasteiger partial charge >= 0.3 is 5.97 Å². The van der Waals surface area contributed by atoms with Crippen molar-refractivity contribution in [3.05, 3.63) is 0 Å². The van der Waals surface area contributed by atoms with Crippen molar-refractivity contribution in [3.8, 4) is 0 Å². The molecule has 2 aliphatic rings. The summed E-state index contributed by atoms with van der Waals surface area (Å²) in [6.45, 7) is 1.28. The molecule has 104 valence electrons. The molecule has 2 heterocycles. The summed E-state index contributed by atoms with van der Waals surface area (Å²) < 4.78 is 1.61. The van der Waals surface area contributed by atoms with Gasteiger partial charge in [0.1, 0.15) is 0 Å². The predicted octanol–water partition coefficient (Wildman–Crippen LogP) is 0.681. The van der Waals surface area contributed by atoms with Crippen LogP contribution in [0.3, 0.4) is 0 Å². The van der Waals surface area contributed by atoms with Gasteiger partial charge in [-0.1, -0.05) is 24.4 Å². The molecule has 19 heavy (non-hydrogen) atoms. The van der Waals surface area contributed by atoms with Crippen molar-refractivity contribution < 1.29 is 9.90 Å². The first-order chi connectivity index (χ1) is 9.12. The number of tetrazole rings is 1. The van der Waals surface area contributed by atoms with Gasteiger partial charge < -0.3 is 10.0 Å². The Labute approximate surface area is 111 Å². The number of hydrogen-bond acceptors (Lipinski definition) is 5. The number of nitrogens with zero attached hydrogens (tertiary/aromatic N) is 5. The third kappa shape index (κ3) is 1.97. The van der Waals surface area contributed by atoms with E-state index in [4.69, 9.17) is 0 Å². The van der Waals surface area contributed by atoms with Crippen LogP contribution in [0.5, 0.6) is 0 Å². The molecule has 1 saturated carbocycles. The zero-order valence-electron chi connectivity index (χ0n) is 11.1. The SMILES string of the molecule is Cn1nnnc1N1CC(C(=O)O)C2(CCCCC2)C1. The van der Waals surface area contributed by atoms with Crippen LogP contribution in [0, 0.1) is 11.3 Å². The Morgan fingerprint density at radius 3 is 2.68 bits per heavy atom. The lowest BCUT2D eigenvalue weighted by Gasteiger charge is -2.36. The second-order valence-corrected chi connectivity index (χ2v) is 5.80. The predicted molar refractivity (Wildman–Crippen MR) is 67.7 cm³/mol. The number of anilines is 1. The van der Waals surface area contributed by atoms with Gasteiger partial charge in [0, 0.05) is 25.6 Å². The third-order valence-corrected chi connectivity index (χ3v) is 4.68. The molecule has 7 heteroatoms. The van der Waals surface area contributed by atoms with Gasteiger partial charge in [-0.05, 0) is 23.3 Å². The summed E-state index contributed by atoms with van der Waals surface area (Å²) in [6.07, 6.45) is 5.50. The fraction of sp³-hybridized carbons (Fsp3) is 0.833. The molecule has 1 aromatic heterocycles. The fourth-order valence-electron chi connectivity index (χ4n) is 3.72. The van der Waals surface area contributed by atoms with Crippen molar-refractivity contribution in [2.45, 2.75) is 32.1 Å². The zero-order chi connectivity index (χ0) is 13.5. The molecule has 1 aromatic rings. The minimum absolute atomic E-state index is 0.0873. The first kappa shape index (κ1) is 12.4. The van der Waals surface area contributed by atoms with Crippen LogP contribution in [0.2, 0.25) is 0 Å². The van der Waals surface area contributed by atoms with E-state index in [0.29, 0.717) is 12.5 Å². The Balaban J connectivity index is 1.88. The highest BCUT2D eigenvalue weighted by Gasteiger charge is 2.51. The topological polar surface area (TPSA) is 84.1 Å². The van der Waals surface area contributed by atoms with Crippen LogP contribution in [-0.4, -0.2) is 44.4 Å². The molecule has 1 spiro atoms. The van der Waals surface area contributed by atoms with E-state index in [9.17, 15) is 9.90 Å². The number of aliphatic carboxylic acids is 1. The quantitative estimate of drug-likeness (QED) is 0.846. The minimum Gasteiger partial charge on any atom is -0.481 e. The van der Waals surface area contributed by atoms with Gasteiger partial charge in [-0.15, -0.1) is 0 Å². The summed E-state index contributed by atoms with van der Waals surface area (Å²) in [5.74, 6) is -0.308. The molecule has 1 N–H and O–H groups in total. The Morgan fingerprint density at radius 2 is 2.11 bits per heavy atom. The Bertz CT molecular complexity index is 480. The molecule has 1 aliphatic heterocycles. The van der Waals surface area contributed by atoms with Crippen LogP contribution in [0.1, 0.15) is 32.1 Å². The van der Waals surface area contributed by atoms with Crippen molar-refractivity contribution in [2.24, 2.45) is 18.4 Å². The van der Waals surface area contributed by atoms with Crippen molar-refractivity contribution in [2.75, 3.05) is 18.0 Å². The monoisotopic (exact) mass is 265 g/mol. The van der Waals surface area contributed by atoms with Crippen LogP contribution in [0.4, 0.5) is 5.95 Å². The summed E-state index contributed by atoms with van der Waals surface area (Å²) in [5, 5.41) is 21.0. The normalized spacial score (nSPS) is 25.9. The molecule has 2 fully saturated rings. The van der Waals surface area contributed by atoms with E-state index >= 15 is 0 Å². The molecule has 7 nitrogen and oxygen atoms in total. The van der Waals surface area contributed by atoms with E-state index in [0.717, 1.165) is 32.2 Å². The molecule has 0 aromatic carbocycles. The summed E-state index contributed by atoms with van der Waals surface area (Å²) in [7, 11) is 1.79. The summed E-state index contributed by atoms with van der Waals surface area (Å²) in [5.41, 5.74) is -0.0873. The third-order valence-electron chi connectivity index (χ3n) is 4.68. The van der Waals surface area contributed by atoms with Gasteiger partial charge in [-0.3, -0.25) is 4.79 Å². The molecule has 0 radical (unpaired) electrons. The number of rotatable bonds is 2. The van der Waals surface area contributed by atoms with E-state index in [2.05, 4.69) is 15.5 Å². The molecule has 1 unspecified atom stereocenters. The maximum absolute atomic E-state index is 11.6. The van der Waals surface area contributed by atoms with Crippen molar-refractivity contribution in [1.29, 1.82) is 0 Å². The number of carboxylic acid groups (broad SMARTS) is 1. The van der Waals surface area contributed by atoms with Gasteiger partial charge in [-0.2, -0.15) is 0 Å². The van der Waals surface area contributed by atoms with Gasteiger partial charge in [-0.25, -0.2) is 4.68 Å². The average Bonchev–Trinajstić information content (AvgIpc) is 2.95. The number of carbonyl (C=O) groups is 1. The highest BCUT2D eigenvalue weighted by atomic mass is 16.4. The zero-order valence-corrected chi connectivity index (χ0v) is 11.1. The first-order valence-corrected chi connectivity index (χ1v) is 6.82.